The Kier molecular flexibility index (Phi) is 5.33. The van der Waals surface area contributed by atoms with Crippen molar-refractivity contribution in [1.29, 1.82) is 0 Å². The lowest BCUT2D eigenvalue weighted by Crippen LogP contribution is -2.40. The van der Waals surface area contributed by atoms with E-state index in [9.17, 15) is 22.8 Å². The zero-order chi connectivity index (χ0) is 23.3. The summed E-state index contributed by atoms with van der Waals surface area (Å²) in [5.74, 6) is -0.872. The molecule has 172 valence electrons. The molecule has 0 saturated heterocycles. The zero-order valence-corrected chi connectivity index (χ0v) is 19.2. The van der Waals surface area contributed by atoms with Gasteiger partial charge in [0.05, 0.1) is 16.0 Å². The summed E-state index contributed by atoms with van der Waals surface area (Å²) < 4.78 is 26.5. The topological polar surface area (TPSA) is 104 Å². The summed E-state index contributed by atoms with van der Waals surface area (Å²) in [6.45, 7) is 0.412. The minimum absolute atomic E-state index is 0.0705. The fraction of sp³-hybridized carbons (Fsp3) is 0.375. The van der Waals surface area contributed by atoms with Crippen molar-refractivity contribution in [1.82, 2.24) is 9.62 Å². The average Bonchev–Trinajstić information content (AvgIpc) is 3.37. The second-order valence-corrected chi connectivity index (χ2v) is 10.6. The van der Waals surface area contributed by atoms with E-state index in [1.165, 1.54) is 24.1 Å². The molecule has 2 aromatic carbocycles. The minimum atomic E-state index is -3.57. The van der Waals surface area contributed by atoms with Gasteiger partial charge in [0.1, 0.15) is 0 Å². The largest absolute Gasteiger partial charge is 0.308 e. The van der Waals surface area contributed by atoms with Gasteiger partial charge in [0.2, 0.25) is 10.0 Å². The van der Waals surface area contributed by atoms with Crippen LogP contribution in [0.1, 0.15) is 68.7 Å². The molecule has 33 heavy (non-hydrogen) atoms. The summed E-state index contributed by atoms with van der Waals surface area (Å²) >= 11 is 0. The highest BCUT2D eigenvalue weighted by Crippen LogP contribution is 2.34. The Morgan fingerprint density at radius 3 is 2.42 bits per heavy atom. The summed E-state index contributed by atoms with van der Waals surface area (Å²) in [4.78, 5) is 42.4. The third-order valence-corrected chi connectivity index (χ3v) is 8.29. The summed E-state index contributed by atoms with van der Waals surface area (Å²) in [5.41, 5.74) is 2.40. The Hall–Kier alpha value is -3.04. The number of rotatable bonds is 4. The third kappa shape index (κ3) is 3.55. The molecule has 3 amide bonds. The lowest BCUT2D eigenvalue weighted by atomic mass is 9.94. The number of carbonyl (C=O) groups excluding carboxylic acids is 3. The summed E-state index contributed by atoms with van der Waals surface area (Å²) in [5, 5.41) is 0. The highest BCUT2D eigenvalue weighted by Gasteiger charge is 2.41. The number of nitrogens with one attached hydrogen (secondary N) is 1. The second kappa shape index (κ2) is 8.07. The van der Waals surface area contributed by atoms with Crippen molar-refractivity contribution in [2.45, 2.75) is 49.5 Å². The molecule has 0 bridgehead atoms. The van der Waals surface area contributed by atoms with E-state index in [0.717, 1.165) is 37.7 Å². The van der Waals surface area contributed by atoms with Gasteiger partial charge in [-0.25, -0.2) is 13.1 Å². The van der Waals surface area contributed by atoms with Crippen LogP contribution in [-0.4, -0.2) is 50.7 Å². The van der Waals surface area contributed by atoms with Crippen LogP contribution in [0.3, 0.4) is 0 Å². The van der Waals surface area contributed by atoms with Gasteiger partial charge in [-0.2, -0.15) is 0 Å². The summed E-state index contributed by atoms with van der Waals surface area (Å²) in [6, 6.07) is 9.32. The smallest absolute Gasteiger partial charge is 0.261 e. The van der Waals surface area contributed by atoms with Crippen molar-refractivity contribution in [3.05, 3.63) is 58.7 Å². The van der Waals surface area contributed by atoms with E-state index in [0.29, 0.717) is 29.8 Å². The van der Waals surface area contributed by atoms with Crippen LogP contribution in [0.15, 0.2) is 41.3 Å². The van der Waals surface area contributed by atoms with Gasteiger partial charge in [-0.15, -0.1) is 0 Å². The number of sulfonamides is 1. The lowest BCUT2D eigenvalue weighted by Gasteiger charge is -2.29. The van der Waals surface area contributed by atoms with E-state index in [2.05, 4.69) is 4.72 Å². The standard InChI is InChI=1S/C24H25N3O5S/c1-25-33(31,32)18-8-10-21-15(13-18)11-12-26(21)22(28)16-7-9-19-20(14-16)24(30)27(23(19)29)17-5-3-2-4-6-17/h7-10,13-14,17,25H,2-6,11-12H2,1H3. The maximum Gasteiger partial charge on any atom is 0.261 e. The molecular weight excluding hydrogens is 442 g/mol. The Bertz CT molecular complexity index is 1280. The molecule has 2 heterocycles. The average molecular weight is 468 g/mol. The van der Waals surface area contributed by atoms with Crippen LogP contribution >= 0.6 is 0 Å². The van der Waals surface area contributed by atoms with Crippen molar-refractivity contribution >= 4 is 33.4 Å². The molecule has 1 saturated carbocycles. The van der Waals surface area contributed by atoms with Crippen LogP contribution in [0, 0.1) is 0 Å². The molecule has 8 nitrogen and oxygen atoms in total. The first kappa shape index (κ1) is 21.8. The van der Waals surface area contributed by atoms with Crippen molar-refractivity contribution in [3.63, 3.8) is 0 Å². The van der Waals surface area contributed by atoms with Crippen LogP contribution in [-0.2, 0) is 16.4 Å². The molecular formula is C24H25N3O5S. The molecule has 2 aliphatic heterocycles. The Morgan fingerprint density at radius 2 is 1.70 bits per heavy atom. The number of hydrogen-bond donors (Lipinski definition) is 1. The van der Waals surface area contributed by atoms with Gasteiger partial charge >= 0.3 is 0 Å². The number of fused-ring (bicyclic) bond motifs is 2. The predicted molar refractivity (Wildman–Crippen MR) is 122 cm³/mol. The normalized spacial score (nSPS) is 18.6. The van der Waals surface area contributed by atoms with E-state index >= 15 is 0 Å². The number of hydrogen-bond acceptors (Lipinski definition) is 5. The predicted octanol–water partition coefficient (Wildman–Crippen LogP) is 2.73. The van der Waals surface area contributed by atoms with Crippen molar-refractivity contribution in [2.75, 3.05) is 18.5 Å². The molecule has 1 aliphatic carbocycles. The van der Waals surface area contributed by atoms with Crippen molar-refractivity contribution in [3.8, 4) is 0 Å². The molecule has 1 N–H and O–H groups in total. The van der Waals surface area contributed by atoms with Gasteiger partial charge in [0.15, 0.2) is 0 Å². The SMILES string of the molecule is CNS(=O)(=O)c1ccc2c(c1)CCN2C(=O)c1ccc2c(c1)C(=O)N(C1CCCCC1)C2=O. The molecule has 0 aromatic heterocycles. The zero-order valence-electron chi connectivity index (χ0n) is 18.3. The lowest BCUT2D eigenvalue weighted by molar-refractivity contribution is 0.0548. The van der Waals surface area contributed by atoms with E-state index in [-0.39, 0.29) is 34.2 Å². The molecule has 0 spiro atoms. The monoisotopic (exact) mass is 467 g/mol. The fourth-order valence-corrected chi connectivity index (χ4v) is 5.87. The van der Waals surface area contributed by atoms with Crippen LogP contribution in [0.25, 0.3) is 0 Å². The van der Waals surface area contributed by atoms with Crippen molar-refractivity contribution < 1.29 is 22.8 Å². The maximum atomic E-state index is 13.3. The van der Waals surface area contributed by atoms with Gasteiger partial charge < -0.3 is 4.90 Å². The highest BCUT2D eigenvalue weighted by molar-refractivity contribution is 7.89. The first-order chi connectivity index (χ1) is 15.8. The van der Waals surface area contributed by atoms with Crippen LogP contribution < -0.4 is 9.62 Å². The second-order valence-electron chi connectivity index (χ2n) is 8.74. The minimum Gasteiger partial charge on any atom is -0.308 e. The molecule has 0 radical (unpaired) electrons. The van der Waals surface area contributed by atoms with E-state index in [4.69, 9.17) is 0 Å². The number of imide groups is 1. The fourth-order valence-electron chi connectivity index (χ4n) is 5.09. The van der Waals surface area contributed by atoms with E-state index in [1.54, 1.807) is 29.2 Å². The third-order valence-electron chi connectivity index (χ3n) is 6.88. The number of nitrogens with zero attached hydrogens (tertiary/aromatic N) is 2. The molecule has 0 unspecified atom stereocenters. The van der Waals surface area contributed by atoms with Gasteiger partial charge in [0, 0.05) is 23.8 Å². The van der Waals surface area contributed by atoms with Gasteiger partial charge in [0.25, 0.3) is 17.7 Å². The van der Waals surface area contributed by atoms with Crippen molar-refractivity contribution in [2.24, 2.45) is 0 Å². The van der Waals surface area contributed by atoms with Gasteiger partial charge in [-0.1, -0.05) is 19.3 Å². The Labute approximate surface area is 192 Å². The van der Waals surface area contributed by atoms with Crippen LogP contribution in [0.2, 0.25) is 0 Å². The number of benzene rings is 2. The summed E-state index contributed by atoms with van der Waals surface area (Å²) in [7, 11) is -2.22. The number of carbonyl (C=O) groups is 3. The van der Waals surface area contributed by atoms with E-state index < -0.39 is 10.0 Å². The van der Waals surface area contributed by atoms with Gasteiger partial charge in [-0.3, -0.25) is 19.3 Å². The molecule has 2 aromatic rings. The summed E-state index contributed by atoms with van der Waals surface area (Å²) in [6.07, 6.45) is 5.32. The molecule has 0 atom stereocenters. The first-order valence-electron chi connectivity index (χ1n) is 11.2. The quantitative estimate of drug-likeness (QED) is 0.697. The molecule has 3 aliphatic rings. The van der Waals surface area contributed by atoms with Crippen LogP contribution in [0.5, 0.6) is 0 Å². The molecule has 9 heteroatoms. The number of anilines is 1. The Morgan fingerprint density at radius 1 is 0.970 bits per heavy atom. The highest BCUT2D eigenvalue weighted by atomic mass is 32.2. The Balaban J connectivity index is 1.42. The maximum absolute atomic E-state index is 13.3. The van der Waals surface area contributed by atoms with Crippen LogP contribution in [0.4, 0.5) is 5.69 Å². The molecule has 5 rings (SSSR count). The van der Waals surface area contributed by atoms with Gasteiger partial charge in [-0.05, 0) is 68.3 Å². The van der Waals surface area contributed by atoms with E-state index in [1.807, 2.05) is 0 Å². The molecule has 1 fully saturated rings. The first-order valence-corrected chi connectivity index (χ1v) is 12.7. The number of amides is 3.